The van der Waals surface area contributed by atoms with Gasteiger partial charge in [0.15, 0.2) is 0 Å². The minimum Gasteiger partial charge on any atom is -0.506 e. The van der Waals surface area contributed by atoms with Gasteiger partial charge in [0.05, 0.1) is 30.6 Å². The molecule has 0 amide bonds. The number of phenolic OH excluding ortho intramolecular Hbond substituents is 1. The van der Waals surface area contributed by atoms with Crippen LogP contribution in [0.2, 0.25) is 0 Å². The summed E-state index contributed by atoms with van der Waals surface area (Å²) in [6.07, 6.45) is 3.11. The molecule has 0 bridgehead atoms. The van der Waals surface area contributed by atoms with Gasteiger partial charge < -0.3 is 24.7 Å². The SMILES string of the molecule is CCN(c1ccccc1O)C1CCN(CC(O)c2cccc3ncc(OC)cc23)CC1. The lowest BCUT2D eigenvalue weighted by atomic mass is 9.99. The van der Waals surface area contributed by atoms with Gasteiger partial charge in [0.2, 0.25) is 0 Å². The van der Waals surface area contributed by atoms with Crippen molar-refractivity contribution >= 4 is 16.6 Å². The second-order valence-electron chi connectivity index (χ2n) is 8.11. The Kier molecular flexibility index (Phi) is 6.59. The number of para-hydroxylation sites is 2. The van der Waals surface area contributed by atoms with Crippen molar-refractivity contribution in [3.8, 4) is 11.5 Å². The Morgan fingerprint density at radius 3 is 2.65 bits per heavy atom. The highest BCUT2D eigenvalue weighted by Crippen LogP contribution is 2.32. The molecule has 2 heterocycles. The van der Waals surface area contributed by atoms with E-state index in [0.29, 0.717) is 24.1 Å². The van der Waals surface area contributed by atoms with Gasteiger partial charge in [0.25, 0.3) is 0 Å². The van der Waals surface area contributed by atoms with Gasteiger partial charge in [-0.2, -0.15) is 0 Å². The summed E-state index contributed by atoms with van der Waals surface area (Å²) in [6, 6.07) is 15.8. The number of aliphatic hydroxyl groups excluding tert-OH is 1. The first kappa shape index (κ1) is 21.4. The van der Waals surface area contributed by atoms with E-state index in [4.69, 9.17) is 4.74 Å². The largest absolute Gasteiger partial charge is 0.506 e. The van der Waals surface area contributed by atoms with Crippen LogP contribution in [-0.4, -0.2) is 59.4 Å². The fourth-order valence-electron chi connectivity index (χ4n) is 4.64. The minimum atomic E-state index is -0.588. The van der Waals surface area contributed by atoms with Gasteiger partial charge in [-0.05, 0) is 49.6 Å². The van der Waals surface area contributed by atoms with E-state index < -0.39 is 6.10 Å². The fourth-order valence-corrected chi connectivity index (χ4v) is 4.64. The van der Waals surface area contributed by atoms with Crippen molar-refractivity contribution in [2.45, 2.75) is 31.9 Å². The van der Waals surface area contributed by atoms with Crippen molar-refractivity contribution in [1.82, 2.24) is 9.88 Å². The highest BCUT2D eigenvalue weighted by atomic mass is 16.5. The van der Waals surface area contributed by atoms with Crippen LogP contribution in [0.4, 0.5) is 5.69 Å². The number of pyridine rings is 1. The number of ether oxygens (including phenoxy) is 1. The summed E-state index contributed by atoms with van der Waals surface area (Å²) in [5.74, 6) is 1.03. The molecule has 1 aromatic heterocycles. The lowest BCUT2D eigenvalue weighted by Crippen LogP contribution is -2.46. The van der Waals surface area contributed by atoms with Gasteiger partial charge in [-0.3, -0.25) is 4.98 Å². The number of aromatic nitrogens is 1. The first-order chi connectivity index (χ1) is 15.1. The summed E-state index contributed by atoms with van der Waals surface area (Å²) in [5.41, 5.74) is 2.65. The molecule has 0 spiro atoms. The molecule has 6 nitrogen and oxygen atoms in total. The van der Waals surface area contributed by atoms with Crippen molar-refractivity contribution < 1.29 is 14.9 Å². The summed E-state index contributed by atoms with van der Waals surface area (Å²) in [7, 11) is 1.63. The number of rotatable bonds is 7. The summed E-state index contributed by atoms with van der Waals surface area (Å²) in [6.45, 7) is 5.41. The van der Waals surface area contributed by atoms with E-state index in [9.17, 15) is 10.2 Å². The number of anilines is 1. The van der Waals surface area contributed by atoms with E-state index in [1.807, 2.05) is 42.5 Å². The van der Waals surface area contributed by atoms with Crippen LogP contribution in [0, 0.1) is 0 Å². The molecule has 4 rings (SSSR count). The standard InChI is InChI=1S/C25H31N3O3/c1-3-28(23-9-4-5-10-24(23)29)18-11-13-27(14-12-18)17-25(30)20-7-6-8-22-21(20)15-19(31-2)16-26-22/h4-10,15-16,18,25,29-30H,3,11-14,17H2,1-2H3. The van der Waals surface area contributed by atoms with E-state index in [2.05, 4.69) is 21.7 Å². The molecule has 1 aliphatic rings. The normalized spacial score (nSPS) is 16.4. The number of fused-ring (bicyclic) bond motifs is 1. The summed E-state index contributed by atoms with van der Waals surface area (Å²) in [5, 5.41) is 22.2. The van der Waals surface area contributed by atoms with Gasteiger partial charge in [-0.1, -0.05) is 24.3 Å². The lowest BCUT2D eigenvalue weighted by Gasteiger charge is -2.40. The predicted octanol–water partition coefficient (Wildman–Crippen LogP) is 3.97. The molecule has 3 aromatic rings. The van der Waals surface area contributed by atoms with Crippen LogP contribution in [-0.2, 0) is 0 Å². The number of nitrogens with zero attached hydrogens (tertiary/aromatic N) is 3. The molecule has 1 aliphatic heterocycles. The number of aromatic hydroxyl groups is 1. The molecule has 1 unspecified atom stereocenters. The van der Waals surface area contributed by atoms with Crippen LogP contribution in [0.3, 0.4) is 0 Å². The number of benzene rings is 2. The number of β-amino-alcohol motifs (C(OH)–C–C–N with tert-alkyl or cyclic N) is 1. The van der Waals surface area contributed by atoms with Crippen molar-refractivity contribution in [2.75, 3.05) is 38.2 Å². The van der Waals surface area contributed by atoms with E-state index >= 15 is 0 Å². The molecular weight excluding hydrogens is 390 g/mol. The Bertz CT molecular complexity index is 1020. The quantitative estimate of drug-likeness (QED) is 0.602. The topological polar surface area (TPSA) is 69.1 Å². The van der Waals surface area contributed by atoms with Crippen molar-refractivity contribution in [3.63, 3.8) is 0 Å². The van der Waals surface area contributed by atoms with Gasteiger partial charge >= 0.3 is 0 Å². The molecule has 31 heavy (non-hydrogen) atoms. The molecule has 6 heteroatoms. The molecule has 0 radical (unpaired) electrons. The molecule has 164 valence electrons. The average molecular weight is 422 g/mol. The van der Waals surface area contributed by atoms with Crippen LogP contribution in [0.25, 0.3) is 10.9 Å². The van der Waals surface area contributed by atoms with Crippen LogP contribution < -0.4 is 9.64 Å². The number of aliphatic hydroxyl groups is 1. The van der Waals surface area contributed by atoms with Crippen LogP contribution >= 0.6 is 0 Å². The van der Waals surface area contributed by atoms with Gasteiger partial charge in [-0.15, -0.1) is 0 Å². The first-order valence-electron chi connectivity index (χ1n) is 11.0. The van der Waals surface area contributed by atoms with Crippen molar-refractivity contribution in [2.24, 2.45) is 0 Å². The second kappa shape index (κ2) is 9.54. The highest BCUT2D eigenvalue weighted by Gasteiger charge is 2.27. The van der Waals surface area contributed by atoms with E-state index in [-0.39, 0.29) is 0 Å². The Balaban J connectivity index is 1.42. The number of hydrogen-bond acceptors (Lipinski definition) is 6. The molecule has 2 aromatic carbocycles. The molecule has 1 atom stereocenters. The zero-order valence-electron chi connectivity index (χ0n) is 18.2. The van der Waals surface area contributed by atoms with E-state index in [1.54, 1.807) is 19.4 Å². The third-order valence-corrected chi connectivity index (χ3v) is 6.29. The fraction of sp³-hybridized carbons (Fsp3) is 0.400. The first-order valence-corrected chi connectivity index (χ1v) is 11.0. The highest BCUT2D eigenvalue weighted by molar-refractivity contribution is 5.83. The third kappa shape index (κ3) is 4.60. The van der Waals surface area contributed by atoms with Gasteiger partial charge in [0, 0.05) is 37.6 Å². The summed E-state index contributed by atoms with van der Waals surface area (Å²) in [4.78, 5) is 9.06. The number of phenols is 1. The second-order valence-corrected chi connectivity index (χ2v) is 8.11. The molecule has 1 fully saturated rings. The predicted molar refractivity (Wildman–Crippen MR) is 124 cm³/mol. The Morgan fingerprint density at radius 1 is 1.16 bits per heavy atom. The lowest BCUT2D eigenvalue weighted by molar-refractivity contribution is 0.0978. The molecule has 0 aliphatic carbocycles. The average Bonchev–Trinajstić information content (AvgIpc) is 2.81. The van der Waals surface area contributed by atoms with E-state index in [1.165, 1.54) is 0 Å². The maximum absolute atomic E-state index is 11.0. The maximum atomic E-state index is 11.0. The summed E-state index contributed by atoms with van der Waals surface area (Å²) >= 11 is 0. The summed E-state index contributed by atoms with van der Waals surface area (Å²) < 4.78 is 5.32. The van der Waals surface area contributed by atoms with Crippen molar-refractivity contribution in [1.29, 1.82) is 0 Å². The van der Waals surface area contributed by atoms with Gasteiger partial charge in [0.1, 0.15) is 11.5 Å². The monoisotopic (exact) mass is 421 g/mol. The molecule has 2 N–H and O–H groups in total. The number of likely N-dealkylation sites (tertiary alicyclic amines) is 1. The van der Waals surface area contributed by atoms with Crippen LogP contribution in [0.15, 0.2) is 54.7 Å². The smallest absolute Gasteiger partial charge is 0.138 e. The zero-order valence-corrected chi connectivity index (χ0v) is 18.2. The van der Waals surface area contributed by atoms with Crippen LogP contribution in [0.5, 0.6) is 11.5 Å². The zero-order chi connectivity index (χ0) is 21.8. The number of hydrogen-bond donors (Lipinski definition) is 2. The van der Waals surface area contributed by atoms with Crippen molar-refractivity contribution in [3.05, 3.63) is 60.3 Å². The van der Waals surface area contributed by atoms with E-state index in [0.717, 1.165) is 54.6 Å². The van der Waals surface area contributed by atoms with Gasteiger partial charge in [-0.25, -0.2) is 0 Å². The number of methoxy groups -OCH3 is 1. The Morgan fingerprint density at radius 2 is 1.94 bits per heavy atom. The van der Waals surface area contributed by atoms with Crippen LogP contribution in [0.1, 0.15) is 31.4 Å². The minimum absolute atomic E-state index is 0.335. The number of piperidine rings is 1. The third-order valence-electron chi connectivity index (χ3n) is 6.29. The molecule has 1 saturated heterocycles. The molecule has 0 saturated carbocycles. The maximum Gasteiger partial charge on any atom is 0.138 e. The Labute approximate surface area is 183 Å². The molecular formula is C25H31N3O3. The Hall–Kier alpha value is -2.83.